The summed E-state index contributed by atoms with van der Waals surface area (Å²) in [6, 6.07) is 0. The zero-order chi connectivity index (χ0) is 31.3. The highest BCUT2D eigenvalue weighted by molar-refractivity contribution is 5.95. The van der Waals surface area contributed by atoms with Crippen LogP contribution in [-0.2, 0) is 33.5 Å². The first-order valence-corrected chi connectivity index (χ1v) is 14.8. The lowest BCUT2D eigenvalue weighted by Gasteiger charge is -2.57. The van der Waals surface area contributed by atoms with E-state index in [-0.39, 0.29) is 67.0 Å². The number of aliphatic hydroxyl groups is 2. The molecular formula is C31H43NO10. The largest absolute Gasteiger partial charge is 0.479 e. The van der Waals surface area contributed by atoms with Gasteiger partial charge in [0.1, 0.15) is 11.4 Å². The van der Waals surface area contributed by atoms with Crippen molar-refractivity contribution in [2.24, 2.45) is 34.0 Å². The van der Waals surface area contributed by atoms with Gasteiger partial charge in [-0.2, -0.15) is 0 Å². The predicted molar refractivity (Wildman–Crippen MR) is 148 cm³/mol. The van der Waals surface area contributed by atoms with Crippen LogP contribution in [0.25, 0.3) is 0 Å². The van der Waals surface area contributed by atoms with Crippen molar-refractivity contribution in [1.29, 1.82) is 0 Å². The highest BCUT2D eigenvalue weighted by atomic mass is 16.5. The molecule has 0 bridgehead atoms. The van der Waals surface area contributed by atoms with E-state index < -0.39 is 52.8 Å². The number of fused-ring (bicyclic) bond motifs is 5. The Morgan fingerprint density at radius 2 is 1.79 bits per heavy atom. The normalized spacial score (nSPS) is 34.8. The van der Waals surface area contributed by atoms with Gasteiger partial charge in [0.2, 0.25) is 11.7 Å². The van der Waals surface area contributed by atoms with E-state index in [9.17, 15) is 39.0 Å². The van der Waals surface area contributed by atoms with Gasteiger partial charge in [-0.25, -0.2) is 4.79 Å². The molecule has 0 unspecified atom stereocenters. The van der Waals surface area contributed by atoms with Crippen molar-refractivity contribution >= 4 is 35.2 Å². The third kappa shape index (κ3) is 5.45. The van der Waals surface area contributed by atoms with E-state index in [4.69, 9.17) is 9.84 Å². The number of hydrogen-bond donors (Lipinski definition) is 4. The lowest BCUT2D eigenvalue weighted by Crippen LogP contribution is -2.61. The van der Waals surface area contributed by atoms with Gasteiger partial charge in [0.05, 0.1) is 6.42 Å². The Morgan fingerprint density at radius 3 is 2.45 bits per heavy atom. The standard InChI is InChI=1S/C31H43NO10/c1-28(2,26(38)27(39)40)16-32-23(36)7-8-24(37)42-15-22(35)31(41)12-10-20-19-6-5-17-13-18(33)9-11-29(17,3)25(19)21(34)14-30(20,31)4/h13,19-20,25-26,38,41H,5-12,14-16H2,1-4H3,(H,32,36)(H,39,40)/t19-,20+,25+,26+,29-,30-,31-/m0/s1. The van der Waals surface area contributed by atoms with Crippen molar-refractivity contribution in [2.45, 2.75) is 97.2 Å². The minimum absolute atomic E-state index is 0.00363. The molecule has 42 heavy (non-hydrogen) atoms. The van der Waals surface area contributed by atoms with Gasteiger partial charge in [-0.15, -0.1) is 0 Å². The number of carbonyl (C=O) groups is 6. The number of Topliss-reactive ketones (excluding diaryl/α,β-unsaturated/α-hetero) is 2. The van der Waals surface area contributed by atoms with E-state index in [1.54, 1.807) is 13.0 Å². The van der Waals surface area contributed by atoms with Crippen LogP contribution < -0.4 is 5.32 Å². The number of carbonyl (C=O) groups excluding carboxylic acids is 5. The topological polar surface area (TPSA) is 184 Å². The number of aliphatic carboxylic acids is 1. The van der Waals surface area contributed by atoms with Gasteiger partial charge in [-0.3, -0.25) is 24.0 Å². The van der Waals surface area contributed by atoms with Crippen molar-refractivity contribution in [3.05, 3.63) is 11.6 Å². The minimum Gasteiger partial charge on any atom is -0.479 e. The Balaban J connectivity index is 1.33. The smallest absolute Gasteiger partial charge is 0.333 e. The van der Waals surface area contributed by atoms with E-state index in [2.05, 4.69) is 12.2 Å². The molecule has 0 aromatic rings. The van der Waals surface area contributed by atoms with E-state index >= 15 is 0 Å². The van der Waals surface area contributed by atoms with Crippen LogP contribution >= 0.6 is 0 Å². The second-order valence-corrected chi connectivity index (χ2v) is 13.9. The molecular weight excluding hydrogens is 546 g/mol. The number of ketones is 3. The molecule has 0 saturated heterocycles. The number of esters is 1. The quantitative estimate of drug-likeness (QED) is 0.274. The Labute approximate surface area is 245 Å². The number of carboxylic acids is 1. The van der Waals surface area contributed by atoms with Crippen molar-refractivity contribution in [3.8, 4) is 0 Å². The van der Waals surface area contributed by atoms with Crippen LogP contribution in [-0.4, -0.2) is 75.4 Å². The SMILES string of the molecule is CC(C)(CNC(=O)CCC(=O)OCC(=O)[C@@]1(O)CC[C@@H]2[C@@H]3CCC4=CC(=O)CC[C@]4(C)[C@H]3C(=O)C[C@@]21C)[C@H](O)C(=O)O. The molecule has 3 fully saturated rings. The molecule has 0 heterocycles. The molecule has 0 radical (unpaired) electrons. The van der Waals surface area contributed by atoms with Crippen LogP contribution in [0.5, 0.6) is 0 Å². The van der Waals surface area contributed by atoms with Crippen LogP contribution in [0.15, 0.2) is 11.6 Å². The fourth-order valence-electron chi connectivity index (χ4n) is 8.24. The van der Waals surface area contributed by atoms with E-state index in [0.29, 0.717) is 19.3 Å². The molecule has 232 valence electrons. The number of ether oxygens (including phenoxy) is 1. The van der Waals surface area contributed by atoms with Gasteiger partial charge < -0.3 is 25.4 Å². The van der Waals surface area contributed by atoms with Gasteiger partial charge in [-0.1, -0.05) is 33.3 Å². The molecule has 0 aromatic heterocycles. The average Bonchev–Trinajstić information content (AvgIpc) is 3.19. The average molecular weight is 590 g/mol. The third-order valence-corrected chi connectivity index (χ3v) is 10.9. The Hall–Kier alpha value is -2.92. The molecule has 11 nitrogen and oxygen atoms in total. The Bertz CT molecular complexity index is 1220. The fourth-order valence-corrected chi connectivity index (χ4v) is 8.24. The monoisotopic (exact) mass is 589 g/mol. The number of amides is 1. The zero-order valence-electron chi connectivity index (χ0n) is 24.9. The Morgan fingerprint density at radius 1 is 1.10 bits per heavy atom. The second-order valence-electron chi connectivity index (χ2n) is 13.9. The number of hydrogen-bond acceptors (Lipinski definition) is 9. The molecule has 4 aliphatic rings. The van der Waals surface area contributed by atoms with Crippen LogP contribution in [0.2, 0.25) is 0 Å². The van der Waals surface area contributed by atoms with Crippen molar-refractivity contribution in [1.82, 2.24) is 5.32 Å². The highest BCUT2D eigenvalue weighted by Crippen LogP contribution is 2.66. The summed E-state index contributed by atoms with van der Waals surface area (Å²) >= 11 is 0. The van der Waals surface area contributed by atoms with Crippen LogP contribution in [0.4, 0.5) is 0 Å². The van der Waals surface area contributed by atoms with Crippen molar-refractivity contribution in [3.63, 3.8) is 0 Å². The fraction of sp³-hybridized carbons (Fsp3) is 0.742. The summed E-state index contributed by atoms with van der Waals surface area (Å²) in [7, 11) is 0. The van der Waals surface area contributed by atoms with Crippen LogP contribution in [0.1, 0.15) is 85.5 Å². The molecule has 4 rings (SSSR count). The number of nitrogens with one attached hydrogen (secondary N) is 1. The second kappa shape index (κ2) is 11.3. The first-order chi connectivity index (χ1) is 19.5. The van der Waals surface area contributed by atoms with E-state index in [1.807, 2.05) is 0 Å². The first-order valence-electron chi connectivity index (χ1n) is 14.8. The van der Waals surface area contributed by atoms with Crippen LogP contribution in [0.3, 0.4) is 0 Å². The maximum atomic E-state index is 13.7. The van der Waals surface area contributed by atoms with Gasteiger partial charge in [0, 0.05) is 42.6 Å². The lowest BCUT2D eigenvalue weighted by atomic mass is 9.46. The number of allylic oxidation sites excluding steroid dienone is 1. The highest BCUT2D eigenvalue weighted by Gasteiger charge is 2.68. The first kappa shape index (κ1) is 32.0. The summed E-state index contributed by atoms with van der Waals surface area (Å²) in [4.78, 5) is 74.6. The number of carboxylic acid groups (broad SMARTS) is 1. The number of aliphatic hydroxyl groups excluding tert-OH is 1. The zero-order valence-corrected chi connectivity index (χ0v) is 24.9. The molecule has 3 saturated carbocycles. The molecule has 11 heteroatoms. The van der Waals surface area contributed by atoms with Gasteiger partial charge in [-0.05, 0) is 55.4 Å². The molecule has 0 aliphatic heterocycles. The summed E-state index contributed by atoms with van der Waals surface area (Å²) in [6.07, 6.45) is 2.70. The maximum absolute atomic E-state index is 13.7. The summed E-state index contributed by atoms with van der Waals surface area (Å²) < 4.78 is 5.13. The van der Waals surface area contributed by atoms with Gasteiger partial charge in [0.25, 0.3) is 0 Å². The van der Waals surface area contributed by atoms with Crippen molar-refractivity contribution < 1.29 is 48.8 Å². The van der Waals surface area contributed by atoms with E-state index in [1.165, 1.54) is 13.8 Å². The summed E-state index contributed by atoms with van der Waals surface area (Å²) in [6.45, 7) is 6.03. The van der Waals surface area contributed by atoms with E-state index in [0.717, 1.165) is 18.4 Å². The molecule has 7 atom stereocenters. The molecule has 0 aromatic carbocycles. The summed E-state index contributed by atoms with van der Waals surface area (Å²) in [5, 5.41) is 32.9. The molecule has 4 N–H and O–H groups in total. The summed E-state index contributed by atoms with van der Waals surface area (Å²) in [5.41, 5.74) is -3.30. The molecule has 1 amide bonds. The van der Waals surface area contributed by atoms with Crippen LogP contribution in [0, 0.1) is 34.0 Å². The lowest BCUT2D eigenvalue weighted by molar-refractivity contribution is -0.173. The molecule has 4 aliphatic carbocycles. The summed E-state index contributed by atoms with van der Waals surface area (Å²) in [5.74, 6) is -3.63. The third-order valence-electron chi connectivity index (χ3n) is 10.9. The molecule has 0 spiro atoms. The van der Waals surface area contributed by atoms with Crippen molar-refractivity contribution in [2.75, 3.05) is 13.2 Å². The maximum Gasteiger partial charge on any atom is 0.333 e. The predicted octanol–water partition coefficient (Wildman–Crippen LogP) is 1.91. The minimum atomic E-state index is -1.83. The Kier molecular flexibility index (Phi) is 8.61. The number of rotatable bonds is 10. The van der Waals surface area contributed by atoms with Gasteiger partial charge in [0.15, 0.2) is 18.5 Å². The van der Waals surface area contributed by atoms with Gasteiger partial charge >= 0.3 is 11.9 Å².